The molecule has 1 aliphatic rings. The molecule has 1 heterocycles. The third-order valence-corrected chi connectivity index (χ3v) is 5.13. The van der Waals surface area contributed by atoms with Gasteiger partial charge in [-0.25, -0.2) is 13.1 Å². The summed E-state index contributed by atoms with van der Waals surface area (Å²) in [7, 11) is -1.50. The Bertz CT molecular complexity index is 530. The van der Waals surface area contributed by atoms with E-state index in [0.717, 1.165) is 25.1 Å². The molecule has 0 spiro atoms. The summed E-state index contributed by atoms with van der Waals surface area (Å²) in [6.45, 7) is 5.72. The second-order valence-corrected chi connectivity index (χ2v) is 7.17. The van der Waals surface area contributed by atoms with Gasteiger partial charge in [0.15, 0.2) is 0 Å². The number of sulfonamides is 1. The van der Waals surface area contributed by atoms with E-state index >= 15 is 0 Å². The molecule has 0 radical (unpaired) electrons. The first-order valence-corrected chi connectivity index (χ1v) is 8.29. The second-order valence-electron chi connectivity index (χ2n) is 5.45. The third kappa shape index (κ3) is 3.38. The van der Waals surface area contributed by atoms with Crippen LogP contribution in [0.25, 0.3) is 0 Å². The van der Waals surface area contributed by atoms with Crippen molar-refractivity contribution in [2.45, 2.75) is 44.2 Å². The number of nitrogens with zero attached hydrogens (tertiary/aromatic N) is 1. The number of aromatic nitrogens is 1. The van der Waals surface area contributed by atoms with Crippen LogP contribution in [0.5, 0.6) is 0 Å². The van der Waals surface area contributed by atoms with Crippen LogP contribution in [0.1, 0.15) is 32.4 Å². The lowest BCUT2D eigenvalue weighted by molar-refractivity contribution is 0.270. The lowest BCUT2D eigenvalue weighted by Crippen LogP contribution is -2.43. The van der Waals surface area contributed by atoms with Crippen LogP contribution < -0.4 is 10.0 Å². The molecule has 2 N–H and O–H groups in total. The first-order valence-electron chi connectivity index (χ1n) is 6.80. The van der Waals surface area contributed by atoms with Gasteiger partial charge < -0.3 is 9.88 Å². The van der Waals surface area contributed by atoms with Gasteiger partial charge in [0.05, 0.1) is 4.90 Å². The Morgan fingerprint density at radius 3 is 2.68 bits per heavy atom. The number of aryl methyl sites for hydroxylation is 1. The van der Waals surface area contributed by atoms with Gasteiger partial charge in [0, 0.05) is 31.5 Å². The molecule has 0 aromatic carbocycles. The smallest absolute Gasteiger partial charge is 0.242 e. The highest BCUT2D eigenvalue weighted by atomic mass is 32.2. The third-order valence-electron chi connectivity index (χ3n) is 3.64. The molecule has 19 heavy (non-hydrogen) atoms. The van der Waals surface area contributed by atoms with Crippen molar-refractivity contribution < 1.29 is 8.42 Å². The average molecular weight is 285 g/mol. The Morgan fingerprint density at radius 1 is 1.42 bits per heavy atom. The van der Waals surface area contributed by atoms with Gasteiger partial charge in [0.2, 0.25) is 10.0 Å². The SMILES string of the molecule is CCNCc1cc(S(=O)(=O)NC2CC(C)C2)cn1C. The van der Waals surface area contributed by atoms with Crippen LogP contribution in [-0.4, -0.2) is 25.6 Å². The van der Waals surface area contributed by atoms with Gasteiger partial charge in [-0.3, -0.25) is 0 Å². The van der Waals surface area contributed by atoms with E-state index in [1.54, 1.807) is 12.3 Å². The molecule has 0 atom stereocenters. The van der Waals surface area contributed by atoms with Crippen molar-refractivity contribution in [1.29, 1.82) is 0 Å². The Labute approximate surface area is 115 Å². The van der Waals surface area contributed by atoms with Crippen molar-refractivity contribution in [2.75, 3.05) is 6.54 Å². The van der Waals surface area contributed by atoms with Crippen LogP contribution in [0, 0.1) is 5.92 Å². The first-order chi connectivity index (χ1) is 8.92. The quantitative estimate of drug-likeness (QED) is 0.826. The van der Waals surface area contributed by atoms with Crippen LogP contribution >= 0.6 is 0 Å². The van der Waals surface area contributed by atoms with Crippen LogP contribution in [0.15, 0.2) is 17.2 Å². The Balaban J connectivity index is 2.07. The summed E-state index contributed by atoms with van der Waals surface area (Å²) in [4.78, 5) is 0.363. The molecule has 5 nitrogen and oxygen atoms in total. The number of hydrogen-bond donors (Lipinski definition) is 2. The summed E-state index contributed by atoms with van der Waals surface area (Å²) in [5.41, 5.74) is 0.976. The second kappa shape index (κ2) is 5.64. The summed E-state index contributed by atoms with van der Waals surface area (Å²) < 4.78 is 29.1. The van der Waals surface area contributed by atoms with Crippen LogP contribution in [0.3, 0.4) is 0 Å². The maximum atomic E-state index is 12.2. The van der Waals surface area contributed by atoms with Gasteiger partial charge in [0.25, 0.3) is 0 Å². The summed E-state index contributed by atoms with van der Waals surface area (Å²) in [5, 5.41) is 3.20. The van der Waals surface area contributed by atoms with E-state index in [0.29, 0.717) is 17.4 Å². The van der Waals surface area contributed by atoms with Crippen molar-refractivity contribution in [1.82, 2.24) is 14.6 Å². The molecule has 0 unspecified atom stereocenters. The lowest BCUT2D eigenvalue weighted by Gasteiger charge is -2.32. The highest BCUT2D eigenvalue weighted by molar-refractivity contribution is 7.89. The van der Waals surface area contributed by atoms with E-state index in [9.17, 15) is 8.42 Å². The van der Waals surface area contributed by atoms with Crippen LogP contribution in [0.4, 0.5) is 0 Å². The minimum atomic E-state index is -3.37. The van der Waals surface area contributed by atoms with E-state index < -0.39 is 10.0 Å². The molecule has 0 bridgehead atoms. The zero-order valence-corrected chi connectivity index (χ0v) is 12.6. The van der Waals surface area contributed by atoms with Crippen molar-refractivity contribution in [2.24, 2.45) is 13.0 Å². The van der Waals surface area contributed by atoms with Gasteiger partial charge in [-0.05, 0) is 31.4 Å². The number of nitrogens with one attached hydrogen (secondary N) is 2. The van der Waals surface area contributed by atoms with Crippen molar-refractivity contribution in [3.05, 3.63) is 18.0 Å². The topological polar surface area (TPSA) is 63.1 Å². The molecule has 1 fully saturated rings. The Hall–Kier alpha value is -0.850. The fourth-order valence-electron chi connectivity index (χ4n) is 2.44. The first kappa shape index (κ1) is 14.6. The van der Waals surface area contributed by atoms with E-state index in [4.69, 9.17) is 0 Å². The molecule has 2 rings (SSSR count). The van der Waals surface area contributed by atoms with E-state index in [1.165, 1.54) is 0 Å². The molecule has 1 aliphatic carbocycles. The van der Waals surface area contributed by atoms with Gasteiger partial charge in [-0.2, -0.15) is 0 Å². The summed E-state index contributed by atoms with van der Waals surface area (Å²) in [6, 6.07) is 1.85. The van der Waals surface area contributed by atoms with Crippen LogP contribution in [-0.2, 0) is 23.6 Å². The van der Waals surface area contributed by atoms with Gasteiger partial charge in [-0.1, -0.05) is 13.8 Å². The Morgan fingerprint density at radius 2 is 2.11 bits per heavy atom. The molecule has 1 aromatic heterocycles. The minimum absolute atomic E-state index is 0.109. The van der Waals surface area contributed by atoms with Gasteiger partial charge in [-0.15, -0.1) is 0 Å². The van der Waals surface area contributed by atoms with E-state index in [-0.39, 0.29) is 6.04 Å². The van der Waals surface area contributed by atoms with Gasteiger partial charge in [0.1, 0.15) is 0 Å². The molecular weight excluding hydrogens is 262 g/mol. The molecule has 1 saturated carbocycles. The van der Waals surface area contributed by atoms with E-state index in [2.05, 4.69) is 17.0 Å². The van der Waals surface area contributed by atoms with Crippen molar-refractivity contribution in [3.63, 3.8) is 0 Å². The zero-order chi connectivity index (χ0) is 14.0. The minimum Gasteiger partial charge on any atom is -0.352 e. The highest BCUT2D eigenvalue weighted by Crippen LogP contribution is 2.28. The fourth-order valence-corrected chi connectivity index (χ4v) is 3.79. The molecule has 6 heteroatoms. The predicted octanol–water partition coefficient (Wildman–Crippen LogP) is 1.21. The molecular formula is C13H23N3O2S. The summed E-state index contributed by atoms with van der Waals surface area (Å²) in [5.74, 6) is 0.632. The number of hydrogen-bond acceptors (Lipinski definition) is 3. The molecule has 0 aliphatic heterocycles. The fraction of sp³-hybridized carbons (Fsp3) is 0.692. The van der Waals surface area contributed by atoms with Gasteiger partial charge >= 0.3 is 0 Å². The van der Waals surface area contributed by atoms with Crippen molar-refractivity contribution >= 4 is 10.0 Å². The lowest BCUT2D eigenvalue weighted by atomic mass is 9.83. The Kier molecular flexibility index (Phi) is 4.32. The number of rotatable bonds is 6. The van der Waals surface area contributed by atoms with Crippen molar-refractivity contribution in [3.8, 4) is 0 Å². The maximum absolute atomic E-state index is 12.2. The zero-order valence-electron chi connectivity index (χ0n) is 11.8. The summed E-state index contributed by atoms with van der Waals surface area (Å²) >= 11 is 0. The molecule has 0 amide bonds. The van der Waals surface area contributed by atoms with E-state index in [1.807, 2.05) is 18.5 Å². The molecule has 0 saturated heterocycles. The molecule has 108 valence electrons. The normalized spacial score (nSPS) is 23.3. The average Bonchev–Trinajstić information content (AvgIpc) is 2.66. The summed E-state index contributed by atoms with van der Waals surface area (Å²) in [6.07, 6.45) is 3.56. The highest BCUT2D eigenvalue weighted by Gasteiger charge is 2.30. The largest absolute Gasteiger partial charge is 0.352 e. The molecule has 1 aromatic rings. The standard InChI is InChI=1S/C13H23N3O2S/c1-4-14-8-12-7-13(9-16(12)3)19(17,18)15-11-5-10(2)6-11/h7,9-11,14-15H,4-6,8H2,1-3H3. The van der Waals surface area contributed by atoms with Crippen LogP contribution in [0.2, 0.25) is 0 Å². The monoisotopic (exact) mass is 285 g/mol. The maximum Gasteiger partial charge on any atom is 0.242 e. The predicted molar refractivity (Wildman–Crippen MR) is 75.3 cm³/mol.